The molecule has 148 valence electrons. The molecule has 28 heavy (non-hydrogen) atoms. The molecule has 3 aromatic rings. The molecule has 4 rings (SSSR count). The third-order valence-corrected chi connectivity index (χ3v) is 5.86. The number of halogens is 2. The minimum atomic E-state index is -0.497. The standard InChI is InChI=1S/C18H20Cl2N6O2/c1-23-6-8-25(9-7-23)17-21-15-14(16(27)22-18(28)24(15)2)26(17)10-11-12(19)4-3-5-13(11)20/h3-5H,6-10H2,1-2H3,(H,22,27,28). The van der Waals surface area contributed by atoms with Crippen molar-refractivity contribution >= 4 is 40.3 Å². The van der Waals surface area contributed by atoms with Crippen molar-refractivity contribution in [2.24, 2.45) is 7.05 Å². The van der Waals surface area contributed by atoms with E-state index >= 15 is 0 Å². The van der Waals surface area contributed by atoms with Gasteiger partial charge in [-0.1, -0.05) is 29.3 Å². The van der Waals surface area contributed by atoms with E-state index in [9.17, 15) is 9.59 Å². The SMILES string of the molecule is CN1CCN(c2nc3c(c(=O)[nH]c(=O)n3C)n2Cc2c(Cl)cccc2Cl)CC1. The summed E-state index contributed by atoms with van der Waals surface area (Å²) in [5, 5.41) is 1.03. The predicted octanol–water partition coefficient (Wildman–Crippen LogP) is 1.53. The number of fused-ring (bicyclic) bond motifs is 1. The van der Waals surface area contributed by atoms with Crippen molar-refractivity contribution in [2.45, 2.75) is 6.54 Å². The minimum absolute atomic E-state index is 0.276. The van der Waals surface area contributed by atoms with Crippen LogP contribution in [-0.2, 0) is 13.6 Å². The molecule has 0 radical (unpaired) electrons. The molecule has 8 nitrogen and oxygen atoms in total. The average molecular weight is 423 g/mol. The fourth-order valence-electron chi connectivity index (χ4n) is 3.46. The van der Waals surface area contributed by atoms with Gasteiger partial charge in [-0.15, -0.1) is 0 Å². The Hall–Kier alpha value is -2.29. The van der Waals surface area contributed by atoms with Crippen LogP contribution in [0.5, 0.6) is 0 Å². The molecule has 2 aromatic heterocycles. The highest BCUT2D eigenvalue weighted by Crippen LogP contribution is 2.29. The Morgan fingerprint density at radius 3 is 2.36 bits per heavy atom. The summed E-state index contributed by atoms with van der Waals surface area (Å²) in [7, 11) is 3.66. The van der Waals surface area contributed by atoms with E-state index in [0.29, 0.717) is 32.7 Å². The summed E-state index contributed by atoms with van der Waals surface area (Å²) < 4.78 is 3.15. The first-order valence-corrected chi connectivity index (χ1v) is 9.68. The lowest BCUT2D eigenvalue weighted by molar-refractivity contribution is 0.310. The number of imidazole rings is 1. The molecule has 1 aromatic carbocycles. The molecular weight excluding hydrogens is 403 g/mol. The lowest BCUT2D eigenvalue weighted by Gasteiger charge is -2.33. The number of nitrogens with zero attached hydrogens (tertiary/aromatic N) is 5. The minimum Gasteiger partial charge on any atom is -0.340 e. The molecule has 1 N–H and O–H groups in total. The first-order chi connectivity index (χ1) is 13.4. The average Bonchev–Trinajstić information content (AvgIpc) is 3.03. The van der Waals surface area contributed by atoms with E-state index in [-0.39, 0.29) is 6.54 Å². The van der Waals surface area contributed by atoms with Crippen LogP contribution in [0.4, 0.5) is 5.95 Å². The van der Waals surface area contributed by atoms with Crippen molar-refractivity contribution in [3.63, 3.8) is 0 Å². The molecule has 10 heteroatoms. The number of hydrogen-bond acceptors (Lipinski definition) is 5. The number of piperazine rings is 1. The topological polar surface area (TPSA) is 79.2 Å². The highest BCUT2D eigenvalue weighted by Gasteiger charge is 2.25. The van der Waals surface area contributed by atoms with Crippen LogP contribution in [0.3, 0.4) is 0 Å². The number of H-pyrrole nitrogens is 1. The number of aromatic nitrogens is 4. The number of anilines is 1. The van der Waals surface area contributed by atoms with Crippen LogP contribution in [0.2, 0.25) is 10.0 Å². The van der Waals surface area contributed by atoms with Gasteiger partial charge < -0.3 is 9.80 Å². The second kappa shape index (κ2) is 7.27. The molecular formula is C18H20Cl2N6O2. The number of nitrogens with one attached hydrogen (secondary N) is 1. The van der Waals surface area contributed by atoms with E-state index in [1.54, 1.807) is 29.8 Å². The Morgan fingerprint density at radius 2 is 1.71 bits per heavy atom. The van der Waals surface area contributed by atoms with Crippen LogP contribution in [0, 0.1) is 0 Å². The van der Waals surface area contributed by atoms with Crippen molar-refractivity contribution in [2.75, 3.05) is 38.1 Å². The summed E-state index contributed by atoms with van der Waals surface area (Å²) in [6.45, 7) is 3.57. The van der Waals surface area contributed by atoms with E-state index in [1.165, 1.54) is 4.57 Å². The van der Waals surface area contributed by atoms with Gasteiger partial charge in [0.2, 0.25) is 5.95 Å². The molecule has 1 saturated heterocycles. The van der Waals surface area contributed by atoms with E-state index in [4.69, 9.17) is 23.2 Å². The maximum Gasteiger partial charge on any atom is 0.329 e. The summed E-state index contributed by atoms with van der Waals surface area (Å²) in [5.74, 6) is 0.630. The van der Waals surface area contributed by atoms with Gasteiger partial charge in [0.1, 0.15) is 0 Å². The third kappa shape index (κ3) is 3.21. The number of rotatable bonds is 3. The zero-order valence-electron chi connectivity index (χ0n) is 15.6. The first-order valence-electron chi connectivity index (χ1n) is 8.92. The second-order valence-corrected chi connectivity index (χ2v) is 7.79. The molecule has 0 aliphatic carbocycles. The van der Waals surface area contributed by atoms with Gasteiger partial charge in [0.15, 0.2) is 11.2 Å². The molecule has 3 heterocycles. The summed E-state index contributed by atoms with van der Waals surface area (Å²) in [6.07, 6.45) is 0. The molecule has 1 aliphatic rings. The second-order valence-electron chi connectivity index (χ2n) is 6.98. The van der Waals surface area contributed by atoms with Crippen molar-refractivity contribution < 1.29 is 0 Å². The zero-order valence-corrected chi connectivity index (χ0v) is 17.1. The molecule has 0 amide bonds. The Bertz CT molecular complexity index is 1140. The van der Waals surface area contributed by atoms with Crippen LogP contribution in [0.15, 0.2) is 27.8 Å². The van der Waals surface area contributed by atoms with Crippen LogP contribution >= 0.6 is 23.2 Å². The van der Waals surface area contributed by atoms with Crippen LogP contribution in [0.25, 0.3) is 11.2 Å². The normalized spacial score (nSPS) is 15.5. The lowest BCUT2D eigenvalue weighted by atomic mass is 10.2. The molecule has 0 atom stereocenters. The zero-order chi connectivity index (χ0) is 20.0. The van der Waals surface area contributed by atoms with Crippen LogP contribution < -0.4 is 16.1 Å². The Kier molecular flexibility index (Phi) is 4.95. The maximum atomic E-state index is 12.7. The van der Waals surface area contributed by atoms with Gasteiger partial charge in [-0.05, 0) is 19.2 Å². The monoisotopic (exact) mass is 422 g/mol. The van der Waals surface area contributed by atoms with Crippen molar-refractivity contribution in [1.82, 2.24) is 24.0 Å². The third-order valence-electron chi connectivity index (χ3n) is 5.15. The maximum absolute atomic E-state index is 12.7. The van der Waals surface area contributed by atoms with Crippen molar-refractivity contribution in [3.05, 3.63) is 54.6 Å². The van der Waals surface area contributed by atoms with Gasteiger partial charge in [-0.3, -0.25) is 18.9 Å². The molecule has 0 bridgehead atoms. The Morgan fingerprint density at radius 1 is 1.07 bits per heavy atom. The molecule has 0 unspecified atom stereocenters. The Labute approximate surface area is 170 Å². The van der Waals surface area contributed by atoms with Gasteiger partial charge in [0, 0.05) is 48.8 Å². The van der Waals surface area contributed by atoms with E-state index < -0.39 is 11.2 Å². The molecule has 1 fully saturated rings. The van der Waals surface area contributed by atoms with Crippen molar-refractivity contribution in [1.29, 1.82) is 0 Å². The fourth-order valence-corrected chi connectivity index (χ4v) is 3.98. The van der Waals surface area contributed by atoms with Gasteiger partial charge in [-0.2, -0.15) is 4.98 Å². The highest BCUT2D eigenvalue weighted by molar-refractivity contribution is 6.36. The highest BCUT2D eigenvalue weighted by atomic mass is 35.5. The van der Waals surface area contributed by atoms with Gasteiger partial charge in [-0.25, -0.2) is 4.79 Å². The van der Waals surface area contributed by atoms with E-state index in [0.717, 1.165) is 26.2 Å². The van der Waals surface area contributed by atoms with Crippen LogP contribution in [0.1, 0.15) is 5.56 Å². The smallest absolute Gasteiger partial charge is 0.329 e. The summed E-state index contributed by atoms with van der Waals surface area (Å²) in [6, 6.07) is 5.30. The summed E-state index contributed by atoms with van der Waals surface area (Å²) >= 11 is 12.7. The Balaban J connectivity index is 1.94. The molecule has 1 aliphatic heterocycles. The predicted molar refractivity (Wildman–Crippen MR) is 111 cm³/mol. The lowest BCUT2D eigenvalue weighted by Crippen LogP contribution is -2.45. The summed E-state index contributed by atoms with van der Waals surface area (Å²) in [4.78, 5) is 36.1. The number of aromatic amines is 1. The number of likely N-dealkylation sites (N-methyl/N-ethyl adjacent to an activating group) is 1. The van der Waals surface area contributed by atoms with E-state index in [1.807, 2.05) is 0 Å². The molecule has 0 spiro atoms. The molecule has 0 saturated carbocycles. The summed E-state index contributed by atoms with van der Waals surface area (Å²) in [5.41, 5.74) is 0.392. The first kappa shape index (κ1) is 19.0. The number of benzene rings is 1. The van der Waals surface area contributed by atoms with Gasteiger partial charge in [0.05, 0.1) is 6.54 Å². The van der Waals surface area contributed by atoms with Crippen molar-refractivity contribution in [3.8, 4) is 0 Å². The van der Waals surface area contributed by atoms with E-state index in [2.05, 4.69) is 26.8 Å². The fraction of sp³-hybridized carbons (Fsp3) is 0.389. The van der Waals surface area contributed by atoms with Gasteiger partial charge in [0.25, 0.3) is 5.56 Å². The number of hydrogen-bond donors (Lipinski definition) is 1. The largest absolute Gasteiger partial charge is 0.340 e. The van der Waals surface area contributed by atoms with Crippen LogP contribution in [-0.4, -0.2) is 57.2 Å². The quantitative estimate of drug-likeness (QED) is 0.692. The number of aryl methyl sites for hydroxylation is 1. The van der Waals surface area contributed by atoms with Gasteiger partial charge >= 0.3 is 5.69 Å².